The predicted octanol–water partition coefficient (Wildman–Crippen LogP) is 3.62. The average Bonchev–Trinajstić information content (AvgIpc) is 2.62. The van der Waals surface area contributed by atoms with Crippen LogP contribution in [-0.2, 0) is 11.3 Å². The maximum Gasteiger partial charge on any atom is 0.229 e. The number of hydrogen-bond acceptors (Lipinski definition) is 2. The molecule has 2 nitrogen and oxygen atoms in total. The van der Waals surface area contributed by atoms with Crippen molar-refractivity contribution >= 4 is 40.4 Å². The Kier molecular flexibility index (Phi) is 4.65. The SMILES string of the molecule is CN(Cc1ccc(Cl)s1)C(=O)C(C)(C)CCl. The van der Waals surface area contributed by atoms with Gasteiger partial charge in [-0.15, -0.1) is 22.9 Å². The first-order valence-electron chi connectivity index (χ1n) is 4.92. The molecule has 1 aromatic rings. The summed E-state index contributed by atoms with van der Waals surface area (Å²) in [7, 11) is 1.78. The molecule has 0 aliphatic heterocycles. The van der Waals surface area contributed by atoms with Crippen LogP contribution in [0, 0.1) is 5.41 Å². The zero-order chi connectivity index (χ0) is 12.3. The van der Waals surface area contributed by atoms with E-state index in [0.717, 1.165) is 9.21 Å². The highest BCUT2D eigenvalue weighted by atomic mass is 35.5. The quantitative estimate of drug-likeness (QED) is 0.771. The van der Waals surface area contributed by atoms with E-state index >= 15 is 0 Å². The van der Waals surface area contributed by atoms with Crippen LogP contribution in [0.2, 0.25) is 4.34 Å². The Bertz CT molecular complexity index is 376. The van der Waals surface area contributed by atoms with Crippen LogP contribution in [0.5, 0.6) is 0 Å². The van der Waals surface area contributed by atoms with Gasteiger partial charge >= 0.3 is 0 Å². The second-order valence-corrected chi connectivity index (χ2v) is 6.45. The molecule has 0 aliphatic rings. The molecule has 0 aromatic carbocycles. The number of thiophene rings is 1. The zero-order valence-electron chi connectivity index (χ0n) is 9.59. The number of amides is 1. The summed E-state index contributed by atoms with van der Waals surface area (Å²) in [5, 5.41) is 0. The van der Waals surface area contributed by atoms with E-state index in [9.17, 15) is 4.79 Å². The van der Waals surface area contributed by atoms with Gasteiger partial charge in [0.2, 0.25) is 5.91 Å². The van der Waals surface area contributed by atoms with Crippen LogP contribution in [0.3, 0.4) is 0 Å². The van der Waals surface area contributed by atoms with E-state index in [0.29, 0.717) is 12.4 Å². The first-order valence-corrected chi connectivity index (χ1v) is 6.65. The normalized spacial score (nSPS) is 11.6. The highest BCUT2D eigenvalue weighted by Crippen LogP contribution is 2.25. The maximum atomic E-state index is 12.0. The number of rotatable bonds is 4. The highest BCUT2D eigenvalue weighted by Gasteiger charge is 2.29. The molecule has 0 N–H and O–H groups in total. The fraction of sp³-hybridized carbons (Fsp3) is 0.545. The fourth-order valence-corrected chi connectivity index (χ4v) is 2.57. The van der Waals surface area contributed by atoms with Crippen LogP contribution in [0.1, 0.15) is 18.7 Å². The Morgan fingerprint density at radius 3 is 2.56 bits per heavy atom. The molecule has 0 spiro atoms. The van der Waals surface area contributed by atoms with Gasteiger partial charge in [0.05, 0.1) is 16.3 Å². The van der Waals surface area contributed by atoms with E-state index in [1.165, 1.54) is 11.3 Å². The van der Waals surface area contributed by atoms with Gasteiger partial charge in [0, 0.05) is 17.8 Å². The summed E-state index contributed by atoms with van der Waals surface area (Å²) in [5.41, 5.74) is -0.517. The van der Waals surface area contributed by atoms with Crippen molar-refractivity contribution in [1.82, 2.24) is 4.90 Å². The molecule has 1 heterocycles. The van der Waals surface area contributed by atoms with Gasteiger partial charge in [-0.3, -0.25) is 4.79 Å². The number of nitrogens with zero attached hydrogens (tertiary/aromatic N) is 1. The molecule has 0 fully saturated rings. The van der Waals surface area contributed by atoms with Crippen molar-refractivity contribution in [3.63, 3.8) is 0 Å². The molecule has 0 atom stereocenters. The topological polar surface area (TPSA) is 20.3 Å². The Hall–Kier alpha value is -0.250. The first-order chi connectivity index (χ1) is 7.36. The minimum Gasteiger partial charge on any atom is -0.340 e. The number of halogens is 2. The van der Waals surface area contributed by atoms with Crippen LogP contribution < -0.4 is 0 Å². The van der Waals surface area contributed by atoms with Crippen molar-refractivity contribution in [3.05, 3.63) is 21.3 Å². The lowest BCUT2D eigenvalue weighted by atomic mass is 9.94. The molecule has 0 saturated carbocycles. The van der Waals surface area contributed by atoms with Gasteiger partial charge < -0.3 is 4.90 Å². The minimum atomic E-state index is -0.517. The molecule has 0 saturated heterocycles. The zero-order valence-corrected chi connectivity index (χ0v) is 11.9. The van der Waals surface area contributed by atoms with E-state index in [1.807, 2.05) is 26.0 Å². The molecule has 0 unspecified atom stereocenters. The van der Waals surface area contributed by atoms with Crippen LogP contribution >= 0.6 is 34.5 Å². The van der Waals surface area contributed by atoms with Gasteiger partial charge in [-0.25, -0.2) is 0 Å². The second-order valence-electron chi connectivity index (χ2n) is 4.38. The van der Waals surface area contributed by atoms with E-state index in [2.05, 4.69) is 0 Å². The largest absolute Gasteiger partial charge is 0.340 e. The summed E-state index contributed by atoms with van der Waals surface area (Å²) in [4.78, 5) is 14.8. The molecule has 5 heteroatoms. The van der Waals surface area contributed by atoms with Crippen LogP contribution in [0.25, 0.3) is 0 Å². The number of carbonyl (C=O) groups excluding carboxylic acids is 1. The van der Waals surface area contributed by atoms with Crippen molar-refractivity contribution in [2.24, 2.45) is 5.41 Å². The van der Waals surface area contributed by atoms with Crippen LogP contribution in [0.15, 0.2) is 12.1 Å². The van der Waals surface area contributed by atoms with Crippen molar-refractivity contribution in [1.29, 1.82) is 0 Å². The van der Waals surface area contributed by atoms with Gasteiger partial charge in [-0.05, 0) is 26.0 Å². The summed E-state index contributed by atoms with van der Waals surface area (Å²) in [6.45, 7) is 4.27. The second kappa shape index (κ2) is 5.39. The maximum absolute atomic E-state index is 12.0. The average molecular weight is 280 g/mol. The third-order valence-corrected chi connectivity index (χ3v) is 4.17. The smallest absolute Gasteiger partial charge is 0.229 e. The molecule has 1 rings (SSSR count). The van der Waals surface area contributed by atoms with Gasteiger partial charge in [-0.1, -0.05) is 11.6 Å². The Morgan fingerprint density at radius 1 is 1.50 bits per heavy atom. The van der Waals surface area contributed by atoms with Crippen LogP contribution in [-0.4, -0.2) is 23.7 Å². The summed E-state index contributed by atoms with van der Waals surface area (Å²) >= 11 is 13.1. The lowest BCUT2D eigenvalue weighted by molar-refractivity contribution is -0.138. The van der Waals surface area contributed by atoms with E-state index < -0.39 is 5.41 Å². The van der Waals surface area contributed by atoms with Crippen molar-refractivity contribution < 1.29 is 4.79 Å². The van der Waals surface area contributed by atoms with Crippen molar-refractivity contribution in [2.75, 3.05) is 12.9 Å². The molecule has 1 amide bonds. The molecule has 16 heavy (non-hydrogen) atoms. The van der Waals surface area contributed by atoms with Crippen molar-refractivity contribution in [3.8, 4) is 0 Å². The molecule has 90 valence electrons. The summed E-state index contributed by atoms with van der Waals surface area (Å²) < 4.78 is 0.743. The molecular weight excluding hydrogens is 265 g/mol. The Labute approximate surface area is 110 Å². The van der Waals surface area contributed by atoms with E-state index in [-0.39, 0.29) is 5.91 Å². The molecule has 0 bridgehead atoms. The van der Waals surface area contributed by atoms with Gasteiger partial charge in [0.1, 0.15) is 0 Å². The first kappa shape index (κ1) is 13.8. The van der Waals surface area contributed by atoms with Gasteiger partial charge in [0.15, 0.2) is 0 Å². The highest BCUT2D eigenvalue weighted by molar-refractivity contribution is 7.16. The van der Waals surface area contributed by atoms with Crippen molar-refractivity contribution in [2.45, 2.75) is 20.4 Å². The molecule has 0 radical (unpaired) electrons. The lowest BCUT2D eigenvalue weighted by Crippen LogP contribution is -2.39. The lowest BCUT2D eigenvalue weighted by Gasteiger charge is -2.27. The predicted molar refractivity (Wildman–Crippen MR) is 70.3 cm³/mol. The Morgan fingerprint density at radius 2 is 2.12 bits per heavy atom. The molecule has 1 aromatic heterocycles. The van der Waals surface area contributed by atoms with Gasteiger partial charge in [0.25, 0.3) is 0 Å². The third-order valence-electron chi connectivity index (χ3n) is 2.28. The minimum absolute atomic E-state index is 0.0482. The Balaban J connectivity index is 2.65. The van der Waals surface area contributed by atoms with Gasteiger partial charge in [-0.2, -0.15) is 0 Å². The fourth-order valence-electron chi connectivity index (χ4n) is 1.32. The summed E-state index contributed by atoms with van der Waals surface area (Å²) in [6.07, 6.45) is 0. The number of alkyl halides is 1. The van der Waals surface area contributed by atoms with Crippen LogP contribution in [0.4, 0.5) is 0 Å². The number of carbonyl (C=O) groups is 1. The molecular formula is C11H15Cl2NOS. The monoisotopic (exact) mass is 279 g/mol. The molecule has 0 aliphatic carbocycles. The standard InChI is InChI=1S/C11H15Cl2NOS/c1-11(2,7-12)10(15)14(3)6-8-4-5-9(13)16-8/h4-5H,6-7H2,1-3H3. The summed E-state index contributed by atoms with van der Waals surface area (Å²) in [6, 6.07) is 3.77. The van der Waals surface area contributed by atoms with E-state index in [4.69, 9.17) is 23.2 Å². The van der Waals surface area contributed by atoms with E-state index in [1.54, 1.807) is 11.9 Å². The summed E-state index contributed by atoms with van der Waals surface area (Å²) in [5.74, 6) is 0.369. The number of hydrogen-bond donors (Lipinski definition) is 0. The third kappa shape index (κ3) is 3.37.